The lowest BCUT2D eigenvalue weighted by Crippen LogP contribution is -2.34. The van der Waals surface area contributed by atoms with Crippen LogP contribution in [-0.2, 0) is 6.54 Å². The van der Waals surface area contributed by atoms with Crippen LogP contribution < -0.4 is 10.2 Å². The first-order valence-corrected chi connectivity index (χ1v) is 8.00. The van der Waals surface area contributed by atoms with Crippen molar-refractivity contribution in [3.63, 3.8) is 0 Å². The third-order valence-corrected chi connectivity index (χ3v) is 3.43. The predicted molar refractivity (Wildman–Crippen MR) is 90.5 cm³/mol. The molecule has 0 bridgehead atoms. The second-order valence-electron chi connectivity index (χ2n) is 6.28. The number of hydrogen-bond acceptors (Lipinski definition) is 3. The van der Waals surface area contributed by atoms with Crippen molar-refractivity contribution < 1.29 is 0 Å². The summed E-state index contributed by atoms with van der Waals surface area (Å²) in [6.45, 7) is 13.8. The highest BCUT2D eigenvalue weighted by atomic mass is 15.2. The molecule has 21 heavy (non-hydrogen) atoms. The van der Waals surface area contributed by atoms with E-state index in [2.05, 4.69) is 63.0 Å². The maximum absolute atomic E-state index is 9.48. The summed E-state index contributed by atoms with van der Waals surface area (Å²) in [5, 5.41) is 12.9. The quantitative estimate of drug-likeness (QED) is 0.736. The summed E-state index contributed by atoms with van der Waals surface area (Å²) < 4.78 is 0. The van der Waals surface area contributed by atoms with Crippen molar-refractivity contribution in [1.29, 1.82) is 5.26 Å². The molecule has 0 unspecified atom stereocenters. The van der Waals surface area contributed by atoms with Crippen molar-refractivity contribution in [1.82, 2.24) is 5.32 Å². The maximum Gasteiger partial charge on any atom is 0.101 e. The molecule has 1 N–H and O–H groups in total. The zero-order valence-electron chi connectivity index (χ0n) is 14.1. The lowest BCUT2D eigenvalue weighted by atomic mass is 10.1. The summed E-state index contributed by atoms with van der Waals surface area (Å²) in [5.41, 5.74) is 3.01. The van der Waals surface area contributed by atoms with Crippen LogP contribution in [0.3, 0.4) is 0 Å². The van der Waals surface area contributed by atoms with Gasteiger partial charge in [-0.1, -0.05) is 26.8 Å². The van der Waals surface area contributed by atoms with Gasteiger partial charge in [0.25, 0.3) is 0 Å². The Morgan fingerprint density at radius 1 is 1.24 bits per heavy atom. The Kier molecular flexibility index (Phi) is 7.25. The minimum absolute atomic E-state index is 0.392. The summed E-state index contributed by atoms with van der Waals surface area (Å²) in [6, 6.07) is 9.01. The van der Waals surface area contributed by atoms with Crippen LogP contribution in [0.5, 0.6) is 0 Å². The molecule has 1 aromatic carbocycles. The van der Waals surface area contributed by atoms with Gasteiger partial charge in [-0.2, -0.15) is 5.26 Å². The van der Waals surface area contributed by atoms with E-state index in [0.717, 1.165) is 37.3 Å². The highest BCUT2D eigenvalue weighted by Crippen LogP contribution is 2.24. The van der Waals surface area contributed by atoms with Gasteiger partial charge in [-0.15, -0.1) is 0 Å². The number of rotatable bonds is 8. The Labute approximate surface area is 130 Å². The topological polar surface area (TPSA) is 39.1 Å². The Hall–Kier alpha value is -1.53. The normalized spacial score (nSPS) is 11.0. The van der Waals surface area contributed by atoms with Crippen LogP contribution in [0.15, 0.2) is 18.2 Å². The fraction of sp³-hybridized carbons (Fsp3) is 0.611. The van der Waals surface area contributed by atoms with Gasteiger partial charge in [-0.3, -0.25) is 0 Å². The van der Waals surface area contributed by atoms with E-state index in [1.165, 1.54) is 5.56 Å². The first kappa shape index (κ1) is 17.5. The van der Waals surface area contributed by atoms with E-state index in [-0.39, 0.29) is 0 Å². The van der Waals surface area contributed by atoms with E-state index in [4.69, 9.17) is 0 Å². The fourth-order valence-electron chi connectivity index (χ4n) is 2.42. The maximum atomic E-state index is 9.48. The molecule has 0 spiro atoms. The smallest absolute Gasteiger partial charge is 0.101 e. The van der Waals surface area contributed by atoms with Crippen LogP contribution in [-0.4, -0.2) is 19.1 Å². The average molecular weight is 287 g/mol. The molecule has 0 atom stereocenters. The van der Waals surface area contributed by atoms with E-state index in [1.807, 2.05) is 6.07 Å². The molecule has 1 rings (SSSR count). The van der Waals surface area contributed by atoms with Crippen molar-refractivity contribution in [2.75, 3.05) is 18.0 Å². The third-order valence-electron chi connectivity index (χ3n) is 3.43. The predicted octanol–water partition coefficient (Wildman–Crippen LogP) is 3.93. The summed E-state index contributed by atoms with van der Waals surface area (Å²) in [4.78, 5) is 2.33. The monoisotopic (exact) mass is 287 g/mol. The highest BCUT2D eigenvalue weighted by Gasteiger charge is 2.16. The molecule has 0 aliphatic heterocycles. The van der Waals surface area contributed by atoms with Gasteiger partial charge in [0.05, 0.1) is 11.3 Å². The highest BCUT2D eigenvalue weighted by molar-refractivity contribution is 5.61. The van der Waals surface area contributed by atoms with Crippen molar-refractivity contribution in [2.45, 2.75) is 53.6 Å². The number of nitrogens with zero attached hydrogens (tertiary/aromatic N) is 2. The largest absolute Gasteiger partial charge is 0.368 e. The van der Waals surface area contributed by atoms with Crippen molar-refractivity contribution in [3.05, 3.63) is 29.3 Å². The van der Waals surface area contributed by atoms with Crippen LogP contribution in [0.1, 0.15) is 52.2 Å². The van der Waals surface area contributed by atoms with Gasteiger partial charge in [-0.25, -0.2) is 0 Å². The number of hydrogen-bond donors (Lipinski definition) is 1. The SMILES string of the molecule is CCCNCc1ccc(N(CC(C)C)C(C)C)c(C#N)c1. The molecule has 0 amide bonds. The van der Waals surface area contributed by atoms with Crippen LogP contribution in [0.4, 0.5) is 5.69 Å². The Balaban J connectivity index is 2.98. The molecule has 0 aliphatic rings. The van der Waals surface area contributed by atoms with Gasteiger partial charge in [0.2, 0.25) is 0 Å². The van der Waals surface area contributed by atoms with Crippen molar-refractivity contribution in [2.24, 2.45) is 5.92 Å². The standard InChI is InChI=1S/C18H29N3/c1-6-9-20-12-16-7-8-18(17(10-16)11-19)21(15(4)5)13-14(2)3/h7-8,10,14-15,20H,6,9,12-13H2,1-5H3. The van der Waals surface area contributed by atoms with Crippen molar-refractivity contribution in [3.8, 4) is 6.07 Å². The molecule has 0 aromatic heterocycles. The Morgan fingerprint density at radius 2 is 1.95 bits per heavy atom. The summed E-state index contributed by atoms with van der Waals surface area (Å²) in [6.07, 6.45) is 1.12. The molecule has 0 saturated carbocycles. The lowest BCUT2D eigenvalue weighted by molar-refractivity contribution is 0.570. The second-order valence-corrected chi connectivity index (χ2v) is 6.28. The Bertz CT molecular complexity index is 472. The average Bonchev–Trinajstić information content (AvgIpc) is 2.44. The number of nitriles is 1. The molecule has 0 fully saturated rings. The van der Waals surface area contributed by atoms with Crippen LogP contribution in [0.25, 0.3) is 0 Å². The Morgan fingerprint density at radius 3 is 2.48 bits per heavy atom. The molecule has 0 heterocycles. The van der Waals surface area contributed by atoms with Gasteiger partial charge in [0.1, 0.15) is 6.07 Å². The second kappa shape index (κ2) is 8.69. The molecule has 3 heteroatoms. The van der Waals surface area contributed by atoms with Gasteiger partial charge >= 0.3 is 0 Å². The molecule has 0 radical (unpaired) electrons. The van der Waals surface area contributed by atoms with E-state index in [1.54, 1.807) is 0 Å². The summed E-state index contributed by atoms with van der Waals surface area (Å²) in [7, 11) is 0. The lowest BCUT2D eigenvalue weighted by Gasteiger charge is -2.31. The summed E-state index contributed by atoms with van der Waals surface area (Å²) >= 11 is 0. The summed E-state index contributed by atoms with van der Waals surface area (Å²) in [5.74, 6) is 0.574. The van der Waals surface area contributed by atoms with E-state index in [9.17, 15) is 5.26 Å². The number of benzene rings is 1. The minimum Gasteiger partial charge on any atom is -0.368 e. The van der Waals surface area contributed by atoms with Crippen LogP contribution in [0, 0.1) is 17.2 Å². The minimum atomic E-state index is 0.392. The number of nitrogens with one attached hydrogen (secondary N) is 1. The first-order chi connectivity index (χ1) is 9.99. The number of anilines is 1. The van der Waals surface area contributed by atoms with E-state index < -0.39 is 0 Å². The molecule has 116 valence electrons. The first-order valence-electron chi connectivity index (χ1n) is 8.00. The van der Waals surface area contributed by atoms with Gasteiger partial charge < -0.3 is 10.2 Å². The van der Waals surface area contributed by atoms with E-state index >= 15 is 0 Å². The van der Waals surface area contributed by atoms with E-state index in [0.29, 0.717) is 12.0 Å². The molecule has 1 aromatic rings. The van der Waals surface area contributed by atoms with Gasteiger partial charge in [0.15, 0.2) is 0 Å². The third kappa shape index (κ3) is 5.40. The van der Waals surface area contributed by atoms with Gasteiger partial charge in [-0.05, 0) is 50.4 Å². The van der Waals surface area contributed by atoms with Gasteiger partial charge in [0, 0.05) is 19.1 Å². The molecule has 0 aliphatic carbocycles. The molecule has 3 nitrogen and oxygen atoms in total. The molecular formula is C18H29N3. The van der Waals surface area contributed by atoms with Crippen LogP contribution in [0.2, 0.25) is 0 Å². The molecular weight excluding hydrogens is 258 g/mol. The fourth-order valence-corrected chi connectivity index (χ4v) is 2.42. The zero-order chi connectivity index (χ0) is 15.8. The zero-order valence-corrected chi connectivity index (χ0v) is 14.1. The van der Waals surface area contributed by atoms with Crippen LogP contribution >= 0.6 is 0 Å². The van der Waals surface area contributed by atoms with Crippen molar-refractivity contribution >= 4 is 5.69 Å². The molecule has 0 saturated heterocycles.